The first-order chi connectivity index (χ1) is 17.0. The van der Waals surface area contributed by atoms with Crippen molar-refractivity contribution in [2.24, 2.45) is 0 Å². The van der Waals surface area contributed by atoms with Gasteiger partial charge in [0.05, 0.1) is 5.75 Å². The number of fused-ring (bicyclic) bond motifs is 1. The topological polar surface area (TPSA) is 139 Å². The Morgan fingerprint density at radius 3 is 2.60 bits per heavy atom. The molecule has 0 saturated heterocycles. The number of H-pyrrole nitrogens is 1. The lowest BCUT2D eigenvalue weighted by Crippen LogP contribution is -2.31. The molecule has 3 fully saturated rings. The second-order valence-corrected chi connectivity index (χ2v) is 10.3. The SMILES string of the molecule is O=C(CSc1nc(C2CC2)nc2c1c(=O)[nH]c(=O)n2C1CC1)Nc1cccc(C(=O)NC2CC2)c1. The van der Waals surface area contributed by atoms with Crippen molar-refractivity contribution in [3.8, 4) is 0 Å². The number of hydrogen-bond acceptors (Lipinski definition) is 7. The Balaban J connectivity index is 1.23. The predicted octanol–water partition coefficient (Wildman–Crippen LogP) is 2.32. The molecule has 0 atom stereocenters. The van der Waals surface area contributed by atoms with Crippen LogP contribution in [0.25, 0.3) is 11.0 Å². The number of aromatic amines is 1. The predicted molar refractivity (Wildman–Crippen MR) is 131 cm³/mol. The average Bonchev–Trinajstić information content (AvgIpc) is 3.68. The molecule has 3 N–H and O–H groups in total. The molecule has 11 heteroatoms. The summed E-state index contributed by atoms with van der Waals surface area (Å²) in [6, 6.07) is 7.08. The van der Waals surface area contributed by atoms with Gasteiger partial charge in [-0.15, -0.1) is 0 Å². The minimum Gasteiger partial charge on any atom is -0.349 e. The summed E-state index contributed by atoms with van der Waals surface area (Å²) in [5.74, 6) is 0.408. The van der Waals surface area contributed by atoms with Gasteiger partial charge in [0, 0.05) is 29.3 Å². The molecule has 0 unspecified atom stereocenters. The van der Waals surface area contributed by atoms with Crippen molar-refractivity contribution < 1.29 is 9.59 Å². The van der Waals surface area contributed by atoms with Gasteiger partial charge in [0.15, 0.2) is 5.65 Å². The lowest BCUT2D eigenvalue weighted by Gasteiger charge is -2.12. The van der Waals surface area contributed by atoms with Gasteiger partial charge in [-0.1, -0.05) is 17.8 Å². The van der Waals surface area contributed by atoms with Gasteiger partial charge in [-0.25, -0.2) is 14.8 Å². The molecule has 180 valence electrons. The Morgan fingerprint density at radius 2 is 1.89 bits per heavy atom. The second kappa shape index (κ2) is 8.63. The van der Waals surface area contributed by atoms with Crippen molar-refractivity contribution in [1.29, 1.82) is 0 Å². The average molecular weight is 493 g/mol. The maximum absolute atomic E-state index is 12.7. The van der Waals surface area contributed by atoms with Gasteiger partial charge in [-0.2, -0.15) is 0 Å². The van der Waals surface area contributed by atoms with Gasteiger partial charge in [0.1, 0.15) is 16.2 Å². The maximum atomic E-state index is 12.7. The Hall–Kier alpha value is -3.47. The first-order valence-corrected chi connectivity index (χ1v) is 12.8. The molecule has 2 heterocycles. The molecule has 3 aliphatic rings. The maximum Gasteiger partial charge on any atom is 0.330 e. The zero-order valence-electron chi connectivity index (χ0n) is 18.9. The third-order valence-corrected chi connectivity index (χ3v) is 7.26. The van der Waals surface area contributed by atoms with Gasteiger partial charge in [-0.05, 0) is 56.7 Å². The molecule has 3 saturated carbocycles. The van der Waals surface area contributed by atoms with Crippen LogP contribution in [0.4, 0.5) is 5.69 Å². The molecule has 0 bridgehead atoms. The quantitative estimate of drug-likeness (QED) is 0.324. The van der Waals surface area contributed by atoms with E-state index in [-0.39, 0.29) is 41.0 Å². The number of amides is 2. The normalized spacial score (nSPS) is 17.4. The standard InChI is InChI=1S/C24H24N6O4S/c31-17(25-15-3-1-2-13(10-15)21(32)26-14-6-7-14)11-35-23-18-20(27-19(28-23)12-4-5-12)30(16-8-9-16)24(34)29-22(18)33/h1-3,10,12,14,16H,4-9,11H2,(H,25,31)(H,26,32)(H,29,33,34). The summed E-state index contributed by atoms with van der Waals surface area (Å²) in [6.45, 7) is 0. The van der Waals surface area contributed by atoms with E-state index < -0.39 is 11.2 Å². The third kappa shape index (κ3) is 4.72. The van der Waals surface area contributed by atoms with E-state index in [1.165, 1.54) is 0 Å². The molecule has 1 aromatic carbocycles. The lowest BCUT2D eigenvalue weighted by molar-refractivity contribution is -0.113. The molecule has 6 rings (SSSR count). The summed E-state index contributed by atoms with van der Waals surface area (Å²) < 4.78 is 1.56. The number of aromatic nitrogens is 4. The number of rotatable bonds is 8. The summed E-state index contributed by atoms with van der Waals surface area (Å²) in [7, 11) is 0. The molecular formula is C24H24N6O4S. The van der Waals surface area contributed by atoms with E-state index in [9.17, 15) is 19.2 Å². The highest BCUT2D eigenvalue weighted by Gasteiger charge is 2.32. The Bertz CT molecular complexity index is 1470. The monoisotopic (exact) mass is 492 g/mol. The van der Waals surface area contributed by atoms with Crippen LogP contribution in [0, 0.1) is 0 Å². The van der Waals surface area contributed by atoms with Crippen LogP contribution in [0.2, 0.25) is 0 Å². The van der Waals surface area contributed by atoms with Gasteiger partial charge in [-0.3, -0.25) is 23.9 Å². The summed E-state index contributed by atoms with van der Waals surface area (Å²) in [4.78, 5) is 61.9. The van der Waals surface area contributed by atoms with Crippen LogP contribution in [0.3, 0.4) is 0 Å². The number of carbonyl (C=O) groups excluding carboxylic acids is 2. The minimum atomic E-state index is -0.540. The smallest absolute Gasteiger partial charge is 0.330 e. The number of carbonyl (C=O) groups is 2. The van der Waals surface area contributed by atoms with Gasteiger partial charge in [0.2, 0.25) is 5.91 Å². The van der Waals surface area contributed by atoms with E-state index in [4.69, 9.17) is 0 Å². The molecule has 3 aromatic rings. The number of thioether (sulfide) groups is 1. The zero-order chi connectivity index (χ0) is 24.1. The molecule has 2 aromatic heterocycles. The van der Waals surface area contributed by atoms with E-state index in [0.717, 1.165) is 50.3 Å². The molecule has 0 radical (unpaired) electrons. The zero-order valence-corrected chi connectivity index (χ0v) is 19.7. The number of benzene rings is 1. The molecule has 2 amide bonds. The fourth-order valence-corrected chi connectivity index (χ4v) is 4.83. The number of nitrogens with zero attached hydrogens (tertiary/aromatic N) is 3. The lowest BCUT2D eigenvalue weighted by atomic mass is 10.2. The van der Waals surface area contributed by atoms with Crippen molar-refractivity contribution in [3.63, 3.8) is 0 Å². The summed E-state index contributed by atoms with van der Waals surface area (Å²) in [6.07, 6.45) is 5.67. The van der Waals surface area contributed by atoms with Crippen molar-refractivity contribution in [2.75, 3.05) is 11.1 Å². The van der Waals surface area contributed by atoms with E-state index in [2.05, 4.69) is 25.6 Å². The molecule has 3 aliphatic carbocycles. The molecule has 0 spiro atoms. The third-order valence-electron chi connectivity index (χ3n) is 6.28. The van der Waals surface area contributed by atoms with Crippen molar-refractivity contribution in [2.45, 2.75) is 61.6 Å². The van der Waals surface area contributed by atoms with Crippen LogP contribution in [-0.4, -0.2) is 43.1 Å². The van der Waals surface area contributed by atoms with Crippen LogP contribution in [0.1, 0.15) is 66.7 Å². The highest BCUT2D eigenvalue weighted by atomic mass is 32.2. The Morgan fingerprint density at radius 1 is 1.09 bits per heavy atom. The van der Waals surface area contributed by atoms with Crippen molar-refractivity contribution in [1.82, 2.24) is 24.8 Å². The largest absolute Gasteiger partial charge is 0.349 e. The first-order valence-electron chi connectivity index (χ1n) is 11.9. The highest BCUT2D eigenvalue weighted by Crippen LogP contribution is 2.40. The second-order valence-electron chi connectivity index (χ2n) is 9.39. The van der Waals surface area contributed by atoms with Crippen LogP contribution in [0.5, 0.6) is 0 Å². The fourth-order valence-electron chi connectivity index (χ4n) is 4.00. The van der Waals surface area contributed by atoms with E-state index >= 15 is 0 Å². The first kappa shape index (κ1) is 22.0. The highest BCUT2D eigenvalue weighted by molar-refractivity contribution is 8.00. The van der Waals surface area contributed by atoms with Crippen molar-refractivity contribution >= 4 is 40.3 Å². The van der Waals surface area contributed by atoms with Crippen LogP contribution < -0.4 is 21.9 Å². The van der Waals surface area contributed by atoms with Gasteiger partial charge >= 0.3 is 5.69 Å². The number of anilines is 1. The van der Waals surface area contributed by atoms with E-state index in [1.54, 1.807) is 28.8 Å². The van der Waals surface area contributed by atoms with E-state index in [0.29, 0.717) is 27.7 Å². The fraction of sp³-hybridized carbons (Fsp3) is 0.417. The molecule has 0 aliphatic heterocycles. The van der Waals surface area contributed by atoms with E-state index in [1.807, 2.05) is 0 Å². The Kier molecular flexibility index (Phi) is 5.43. The van der Waals surface area contributed by atoms with Crippen LogP contribution in [0.15, 0.2) is 38.9 Å². The van der Waals surface area contributed by atoms with Crippen LogP contribution in [-0.2, 0) is 4.79 Å². The Labute approximate surface area is 203 Å². The number of nitrogens with one attached hydrogen (secondary N) is 3. The molecule has 35 heavy (non-hydrogen) atoms. The molecule has 10 nitrogen and oxygen atoms in total. The molecular weight excluding hydrogens is 468 g/mol. The summed E-state index contributed by atoms with van der Waals surface area (Å²) >= 11 is 1.15. The van der Waals surface area contributed by atoms with Gasteiger partial charge < -0.3 is 10.6 Å². The summed E-state index contributed by atoms with van der Waals surface area (Å²) in [5.41, 5.74) is 0.371. The minimum absolute atomic E-state index is 0.0106. The van der Waals surface area contributed by atoms with Gasteiger partial charge in [0.25, 0.3) is 11.5 Å². The number of hydrogen-bond donors (Lipinski definition) is 3. The van der Waals surface area contributed by atoms with Crippen LogP contribution >= 0.6 is 11.8 Å². The van der Waals surface area contributed by atoms with Crippen molar-refractivity contribution in [3.05, 3.63) is 56.5 Å². The summed E-state index contributed by atoms with van der Waals surface area (Å²) in [5, 5.41) is 6.40.